The molecule has 0 radical (unpaired) electrons. The van der Waals surface area contributed by atoms with Crippen LogP contribution in [0.25, 0.3) is 28.3 Å². The predicted molar refractivity (Wildman–Crippen MR) is 110 cm³/mol. The Hall–Kier alpha value is -2.56. The van der Waals surface area contributed by atoms with Crippen LogP contribution in [-0.4, -0.2) is 21.5 Å². The normalized spacial score (nSPS) is 11.1. The van der Waals surface area contributed by atoms with E-state index in [1.165, 1.54) is 0 Å². The minimum Gasteiger partial charge on any atom is -0.496 e. The highest BCUT2D eigenvalue weighted by Gasteiger charge is 2.17. The summed E-state index contributed by atoms with van der Waals surface area (Å²) in [7, 11) is 1.66. The van der Waals surface area contributed by atoms with Crippen molar-refractivity contribution < 1.29 is 4.74 Å². The molecule has 0 bridgehead atoms. The van der Waals surface area contributed by atoms with Crippen molar-refractivity contribution in [1.29, 1.82) is 0 Å². The molecule has 4 aromatic rings. The van der Waals surface area contributed by atoms with Crippen LogP contribution < -0.4 is 4.74 Å². The lowest BCUT2D eigenvalue weighted by Gasteiger charge is -2.12. The number of halogens is 2. The lowest BCUT2D eigenvalue weighted by molar-refractivity contribution is 0.416. The molecule has 0 atom stereocenters. The van der Waals surface area contributed by atoms with Gasteiger partial charge in [0, 0.05) is 23.0 Å². The van der Waals surface area contributed by atoms with Gasteiger partial charge in [0.25, 0.3) is 0 Å². The fourth-order valence-electron chi connectivity index (χ4n) is 3.18. The molecule has 2 aromatic heterocycles. The highest BCUT2D eigenvalue weighted by molar-refractivity contribution is 6.42. The molecule has 0 saturated heterocycles. The van der Waals surface area contributed by atoms with Crippen LogP contribution in [0.5, 0.6) is 5.75 Å². The van der Waals surface area contributed by atoms with E-state index in [9.17, 15) is 0 Å². The van der Waals surface area contributed by atoms with Crippen molar-refractivity contribution in [3.8, 4) is 28.3 Å². The van der Waals surface area contributed by atoms with Gasteiger partial charge in [0.05, 0.1) is 28.5 Å². The molecule has 0 fully saturated rings. The molecule has 2 heterocycles. The van der Waals surface area contributed by atoms with Gasteiger partial charge in [-0.25, -0.2) is 9.97 Å². The summed E-state index contributed by atoms with van der Waals surface area (Å²) in [6, 6.07) is 13.4. The van der Waals surface area contributed by atoms with E-state index in [-0.39, 0.29) is 0 Å². The molecule has 27 heavy (non-hydrogen) atoms. The van der Waals surface area contributed by atoms with E-state index >= 15 is 0 Å². The Morgan fingerprint density at radius 3 is 2.48 bits per heavy atom. The monoisotopic (exact) mass is 397 g/mol. The van der Waals surface area contributed by atoms with Crippen molar-refractivity contribution >= 4 is 29.0 Å². The maximum absolute atomic E-state index is 6.26. The van der Waals surface area contributed by atoms with Crippen molar-refractivity contribution in [1.82, 2.24) is 14.4 Å². The van der Waals surface area contributed by atoms with Gasteiger partial charge >= 0.3 is 0 Å². The van der Waals surface area contributed by atoms with E-state index in [2.05, 4.69) is 4.98 Å². The van der Waals surface area contributed by atoms with Crippen LogP contribution in [0, 0.1) is 13.8 Å². The third-order valence-corrected chi connectivity index (χ3v) is 5.41. The average molecular weight is 398 g/mol. The number of hydrogen-bond acceptors (Lipinski definition) is 3. The molecule has 0 unspecified atom stereocenters. The molecule has 0 aliphatic carbocycles. The van der Waals surface area contributed by atoms with Gasteiger partial charge < -0.3 is 4.74 Å². The smallest absolute Gasteiger partial charge is 0.235 e. The van der Waals surface area contributed by atoms with Gasteiger partial charge in [0.15, 0.2) is 0 Å². The molecule has 4 nitrogen and oxygen atoms in total. The van der Waals surface area contributed by atoms with Crippen LogP contribution in [0.15, 0.2) is 48.7 Å². The largest absolute Gasteiger partial charge is 0.496 e. The average Bonchev–Trinajstić information content (AvgIpc) is 3.08. The number of rotatable bonds is 3. The van der Waals surface area contributed by atoms with E-state index in [4.69, 9.17) is 32.9 Å². The number of imidazole rings is 1. The van der Waals surface area contributed by atoms with Gasteiger partial charge in [-0.15, -0.1) is 0 Å². The third kappa shape index (κ3) is 3.05. The summed E-state index contributed by atoms with van der Waals surface area (Å²) in [4.78, 5) is 9.39. The molecule has 0 N–H and O–H groups in total. The molecule has 4 rings (SSSR count). The number of aryl methyl sites for hydroxylation is 1. The first-order valence-corrected chi connectivity index (χ1v) is 9.20. The van der Waals surface area contributed by atoms with E-state index in [1.54, 1.807) is 13.2 Å². The molecule has 0 aliphatic heterocycles. The maximum Gasteiger partial charge on any atom is 0.235 e. The van der Waals surface area contributed by atoms with Gasteiger partial charge in [-0.1, -0.05) is 41.4 Å². The zero-order valence-corrected chi connectivity index (χ0v) is 16.6. The van der Waals surface area contributed by atoms with E-state index < -0.39 is 0 Å². The van der Waals surface area contributed by atoms with Crippen LogP contribution in [0.3, 0.4) is 0 Å². The molecule has 0 amide bonds. The van der Waals surface area contributed by atoms with Crippen molar-refractivity contribution in [3.05, 3.63) is 70.0 Å². The molecule has 0 spiro atoms. The second-order valence-electron chi connectivity index (χ2n) is 6.30. The molecule has 0 saturated carbocycles. The molecular weight excluding hydrogens is 381 g/mol. The van der Waals surface area contributed by atoms with Crippen LogP contribution >= 0.6 is 23.2 Å². The summed E-state index contributed by atoms with van der Waals surface area (Å²) in [6.07, 6.45) is 1.98. The Bertz CT molecular complexity index is 1170. The molecule has 0 aliphatic rings. The van der Waals surface area contributed by atoms with Crippen molar-refractivity contribution in [3.63, 3.8) is 0 Å². The summed E-state index contributed by atoms with van der Waals surface area (Å²) < 4.78 is 7.47. The Morgan fingerprint density at radius 1 is 0.963 bits per heavy atom. The van der Waals surface area contributed by atoms with Crippen LogP contribution in [-0.2, 0) is 0 Å². The Morgan fingerprint density at radius 2 is 1.74 bits per heavy atom. The number of ether oxygens (including phenoxy) is 1. The number of hydrogen-bond donors (Lipinski definition) is 0. The Balaban J connectivity index is 2.00. The molecular formula is C21H17Cl2N3O. The van der Waals surface area contributed by atoms with Gasteiger partial charge in [0.2, 0.25) is 5.78 Å². The third-order valence-electron chi connectivity index (χ3n) is 4.67. The summed E-state index contributed by atoms with van der Waals surface area (Å²) in [5.41, 5.74) is 5.64. The number of benzene rings is 2. The van der Waals surface area contributed by atoms with Crippen molar-refractivity contribution in [2.24, 2.45) is 0 Å². The number of aromatic nitrogens is 3. The van der Waals surface area contributed by atoms with E-state index in [0.29, 0.717) is 15.8 Å². The van der Waals surface area contributed by atoms with Gasteiger partial charge in [0.1, 0.15) is 5.75 Å². The number of para-hydroxylation sites is 1. The quantitative estimate of drug-likeness (QED) is 0.425. The second-order valence-corrected chi connectivity index (χ2v) is 7.11. The Labute approximate surface area is 167 Å². The minimum atomic E-state index is 0.515. The first kappa shape index (κ1) is 17.8. The maximum atomic E-state index is 6.26. The second kappa shape index (κ2) is 6.87. The summed E-state index contributed by atoms with van der Waals surface area (Å²) in [5, 5.41) is 1.04. The highest BCUT2D eigenvalue weighted by atomic mass is 35.5. The van der Waals surface area contributed by atoms with Crippen LogP contribution in [0.1, 0.15) is 11.3 Å². The molecule has 2 aromatic carbocycles. The summed E-state index contributed by atoms with van der Waals surface area (Å²) in [5.74, 6) is 1.39. The minimum absolute atomic E-state index is 0.515. The van der Waals surface area contributed by atoms with Crippen molar-refractivity contribution in [2.75, 3.05) is 7.11 Å². The standard InChI is InChI=1S/C21H17Cl2N3O/c1-12-13(2)24-21-25-18(15-6-4-5-7-19(15)27-3)11-26(21)20(12)14-8-9-16(22)17(23)10-14/h4-11H,1-3H3. The first-order chi connectivity index (χ1) is 13.0. The van der Waals surface area contributed by atoms with Gasteiger partial charge in [-0.2, -0.15) is 0 Å². The lowest BCUT2D eigenvalue weighted by Crippen LogP contribution is -2.01. The summed E-state index contributed by atoms with van der Waals surface area (Å²) in [6.45, 7) is 4.02. The fraction of sp³-hybridized carbons (Fsp3) is 0.143. The van der Waals surface area contributed by atoms with Gasteiger partial charge in [-0.05, 0) is 43.7 Å². The molecule has 136 valence electrons. The van der Waals surface area contributed by atoms with Gasteiger partial charge in [-0.3, -0.25) is 4.40 Å². The van der Waals surface area contributed by atoms with Crippen LogP contribution in [0.2, 0.25) is 10.0 Å². The van der Waals surface area contributed by atoms with E-state index in [1.807, 2.05) is 60.8 Å². The first-order valence-electron chi connectivity index (χ1n) is 8.44. The predicted octanol–water partition coefficient (Wildman–Crippen LogP) is 6.00. The highest BCUT2D eigenvalue weighted by Crippen LogP contribution is 2.34. The summed E-state index contributed by atoms with van der Waals surface area (Å²) >= 11 is 12.4. The van der Waals surface area contributed by atoms with E-state index in [0.717, 1.165) is 39.5 Å². The zero-order chi connectivity index (χ0) is 19.1. The lowest BCUT2D eigenvalue weighted by atomic mass is 10.1. The SMILES string of the molecule is COc1ccccc1-c1cn2c(-c3ccc(Cl)c(Cl)c3)c(C)c(C)nc2n1. The number of fused-ring (bicyclic) bond motifs is 1. The Kier molecular flexibility index (Phi) is 4.54. The number of nitrogens with zero attached hydrogens (tertiary/aromatic N) is 3. The zero-order valence-electron chi connectivity index (χ0n) is 15.1. The topological polar surface area (TPSA) is 39.4 Å². The molecule has 6 heteroatoms. The fourth-order valence-corrected chi connectivity index (χ4v) is 3.48. The number of methoxy groups -OCH3 is 1. The van der Waals surface area contributed by atoms with Crippen LogP contribution in [0.4, 0.5) is 0 Å². The van der Waals surface area contributed by atoms with Crippen molar-refractivity contribution in [2.45, 2.75) is 13.8 Å².